The van der Waals surface area contributed by atoms with Crippen LogP contribution in [0, 0.1) is 29.1 Å². The van der Waals surface area contributed by atoms with Crippen molar-refractivity contribution in [1.82, 2.24) is 0 Å². The molecular formula is C17H27NO4. The minimum Gasteiger partial charge on any atom is -0.465 e. The molecule has 0 spiro atoms. The van der Waals surface area contributed by atoms with Crippen LogP contribution in [0.15, 0.2) is 12.7 Å². The van der Waals surface area contributed by atoms with E-state index in [0.717, 1.165) is 0 Å². The lowest BCUT2D eigenvalue weighted by Crippen LogP contribution is -2.37. The van der Waals surface area contributed by atoms with Crippen LogP contribution in [0.3, 0.4) is 0 Å². The number of hydrogen-bond acceptors (Lipinski definition) is 5. The van der Waals surface area contributed by atoms with Gasteiger partial charge in [0.15, 0.2) is 0 Å². The van der Waals surface area contributed by atoms with E-state index in [4.69, 9.17) is 9.47 Å². The van der Waals surface area contributed by atoms with Crippen LogP contribution in [0.25, 0.3) is 0 Å². The highest BCUT2D eigenvalue weighted by Crippen LogP contribution is 2.31. The van der Waals surface area contributed by atoms with E-state index in [9.17, 15) is 14.9 Å². The molecule has 3 atom stereocenters. The Bertz CT molecular complexity index is 431. The summed E-state index contributed by atoms with van der Waals surface area (Å²) >= 11 is 0. The molecule has 0 amide bonds. The third kappa shape index (κ3) is 6.30. The molecule has 5 heteroatoms. The zero-order valence-electron chi connectivity index (χ0n) is 14.2. The predicted molar refractivity (Wildman–Crippen MR) is 83.7 cm³/mol. The summed E-state index contributed by atoms with van der Waals surface area (Å²) in [7, 11) is 0. The number of allylic oxidation sites excluding steroid dienone is 1. The lowest BCUT2D eigenvalue weighted by atomic mass is 9.78. The molecule has 0 aromatic carbocycles. The molecular weight excluding hydrogens is 282 g/mol. The number of nitrogens with zero attached hydrogens (tertiary/aromatic N) is 1. The largest absolute Gasteiger partial charge is 0.465 e. The van der Waals surface area contributed by atoms with E-state index in [2.05, 4.69) is 6.58 Å². The molecule has 0 N–H and O–H groups in total. The van der Waals surface area contributed by atoms with Gasteiger partial charge in [0.05, 0.1) is 18.6 Å². The molecule has 0 radical (unpaired) electrons. The summed E-state index contributed by atoms with van der Waals surface area (Å²) < 4.78 is 10.4. The van der Waals surface area contributed by atoms with Crippen molar-refractivity contribution in [3.05, 3.63) is 12.7 Å². The highest BCUT2D eigenvalue weighted by atomic mass is 16.6. The molecule has 0 saturated carbocycles. The Hall–Kier alpha value is -1.83. The minimum absolute atomic E-state index is 0.200. The molecule has 0 fully saturated rings. The van der Waals surface area contributed by atoms with Gasteiger partial charge < -0.3 is 9.47 Å². The average molecular weight is 309 g/mol. The molecule has 0 heterocycles. The first-order chi connectivity index (χ1) is 10.2. The van der Waals surface area contributed by atoms with Gasteiger partial charge in [-0.3, -0.25) is 9.59 Å². The van der Waals surface area contributed by atoms with Gasteiger partial charge in [-0.2, -0.15) is 5.26 Å². The quantitative estimate of drug-likeness (QED) is 0.508. The smallest absolute Gasteiger partial charge is 0.323 e. The number of carbonyl (C=O) groups is 2. The monoisotopic (exact) mass is 309 g/mol. The zero-order chi connectivity index (χ0) is 17.3. The number of hydrogen-bond donors (Lipinski definition) is 0. The van der Waals surface area contributed by atoms with Gasteiger partial charge in [-0.05, 0) is 40.0 Å². The van der Waals surface area contributed by atoms with Gasteiger partial charge in [0.2, 0.25) is 0 Å². The van der Waals surface area contributed by atoms with Crippen molar-refractivity contribution in [1.29, 1.82) is 5.26 Å². The van der Waals surface area contributed by atoms with Gasteiger partial charge in [0, 0.05) is 0 Å². The maximum atomic E-state index is 12.4. The summed E-state index contributed by atoms with van der Waals surface area (Å²) in [6.07, 6.45) is 2.45. The van der Waals surface area contributed by atoms with Crippen LogP contribution in [0.4, 0.5) is 0 Å². The second-order valence-corrected chi connectivity index (χ2v) is 6.10. The van der Waals surface area contributed by atoms with E-state index in [0.29, 0.717) is 12.8 Å². The van der Waals surface area contributed by atoms with Crippen LogP contribution in [0.2, 0.25) is 0 Å². The second-order valence-electron chi connectivity index (χ2n) is 6.10. The summed E-state index contributed by atoms with van der Waals surface area (Å²) in [5.74, 6) is -3.03. The lowest BCUT2D eigenvalue weighted by molar-refractivity contribution is -0.163. The zero-order valence-corrected chi connectivity index (χ0v) is 14.2. The first-order valence-corrected chi connectivity index (χ1v) is 7.61. The molecule has 1 unspecified atom stereocenters. The number of esters is 2. The number of rotatable bonds is 8. The maximum Gasteiger partial charge on any atom is 0.323 e. The van der Waals surface area contributed by atoms with Gasteiger partial charge in [-0.1, -0.05) is 19.4 Å². The fourth-order valence-electron chi connectivity index (χ4n) is 2.31. The van der Waals surface area contributed by atoms with Crippen LogP contribution in [-0.4, -0.2) is 24.1 Å². The molecule has 0 aliphatic carbocycles. The third-order valence-corrected chi connectivity index (χ3v) is 3.23. The van der Waals surface area contributed by atoms with Crippen LogP contribution in [0.1, 0.15) is 47.5 Å². The number of carbonyl (C=O) groups excluding carboxylic acids is 2. The van der Waals surface area contributed by atoms with Crippen LogP contribution in [-0.2, 0) is 19.1 Å². The fourth-order valence-corrected chi connectivity index (χ4v) is 2.31. The molecule has 0 aliphatic heterocycles. The average Bonchev–Trinajstić information content (AvgIpc) is 2.40. The normalized spacial score (nSPS) is 15.1. The summed E-state index contributed by atoms with van der Waals surface area (Å²) in [4.78, 5) is 24.4. The van der Waals surface area contributed by atoms with Gasteiger partial charge in [-0.15, -0.1) is 6.58 Å². The van der Waals surface area contributed by atoms with Crippen LogP contribution < -0.4 is 0 Å². The van der Waals surface area contributed by atoms with E-state index in [1.54, 1.807) is 33.8 Å². The SMILES string of the molecule is C=CC[C@@H](C(=O)OC(C)(C)C)[C@@H](CC)C(C#N)C(=O)OCC. The molecule has 0 aliphatic rings. The molecule has 5 nitrogen and oxygen atoms in total. The highest BCUT2D eigenvalue weighted by Gasteiger charge is 2.39. The van der Waals surface area contributed by atoms with E-state index >= 15 is 0 Å². The van der Waals surface area contributed by atoms with Gasteiger partial charge >= 0.3 is 11.9 Å². The van der Waals surface area contributed by atoms with Crippen molar-refractivity contribution in [2.75, 3.05) is 6.61 Å². The summed E-state index contributed by atoms with van der Waals surface area (Å²) in [5, 5.41) is 9.33. The van der Waals surface area contributed by atoms with E-state index in [-0.39, 0.29) is 6.61 Å². The van der Waals surface area contributed by atoms with Gasteiger partial charge in [0.1, 0.15) is 11.5 Å². The third-order valence-electron chi connectivity index (χ3n) is 3.23. The molecule has 0 aromatic heterocycles. The minimum atomic E-state index is -0.984. The summed E-state index contributed by atoms with van der Waals surface area (Å²) in [6.45, 7) is 12.7. The Morgan fingerprint density at radius 1 is 1.27 bits per heavy atom. The van der Waals surface area contributed by atoms with Crippen molar-refractivity contribution in [3.8, 4) is 6.07 Å². The highest BCUT2D eigenvalue weighted by molar-refractivity contribution is 5.78. The van der Waals surface area contributed by atoms with Crippen molar-refractivity contribution in [3.63, 3.8) is 0 Å². The predicted octanol–water partition coefficient (Wildman–Crippen LogP) is 3.25. The first kappa shape index (κ1) is 20.2. The van der Waals surface area contributed by atoms with Crippen molar-refractivity contribution >= 4 is 11.9 Å². The van der Waals surface area contributed by atoms with E-state index in [1.165, 1.54) is 0 Å². The second kappa shape index (κ2) is 9.24. The van der Waals surface area contributed by atoms with Gasteiger partial charge in [0.25, 0.3) is 0 Å². The molecule has 0 bridgehead atoms. The summed E-state index contributed by atoms with van der Waals surface area (Å²) in [6, 6.07) is 1.98. The van der Waals surface area contributed by atoms with Gasteiger partial charge in [-0.25, -0.2) is 0 Å². The first-order valence-electron chi connectivity index (χ1n) is 7.61. The summed E-state index contributed by atoms with van der Waals surface area (Å²) in [5.41, 5.74) is -0.624. The Morgan fingerprint density at radius 2 is 1.86 bits per heavy atom. The van der Waals surface area contributed by atoms with E-state index < -0.39 is 35.3 Å². The topological polar surface area (TPSA) is 76.4 Å². The number of nitriles is 1. The van der Waals surface area contributed by atoms with Crippen molar-refractivity contribution < 1.29 is 19.1 Å². The Morgan fingerprint density at radius 3 is 2.23 bits per heavy atom. The standard InChI is InChI=1S/C17H27NO4/c1-7-10-13(16(20)22-17(4,5)6)12(8-2)14(11-18)15(19)21-9-3/h7,12-14H,1,8-10H2,2-6H3/t12-,13-,14?/m1/s1. The molecule has 124 valence electrons. The maximum absolute atomic E-state index is 12.4. The van der Waals surface area contributed by atoms with Crippen molar-refractivity contribution in [2.24, 2.45) is 17.8 Å². The Kier molecular flexibility index (Phi) is 8.47. The van der Waals surface area contributed by atoms with Crippen LogP contribution >= 0.6 is 0 Å². The Balaban J connectivity index is 5.39. The molecule has 0 rings (SSSR count). The number of ether oxygens (including phenoxy) is 2. The lowest BCUT2D eigenvalue weighted by Gasteiger charge is -2.29. The van der Waals surface area contributed by atoms with Crippen molar-refractivity contribution in [2.45, 2.75) is 53.1 Å². The molecule has 22 heavy (non-hydrogen) atoms. The van der Waals surface area contributed by atoms with Crippen LogP contribution in [0.5, 0.6) is 0 Å². The molecule has 0 saturated heterocycles. The van der Waals surface area contributed by atoms with E-state index in [1.807, 2.05) is 13.0 Å². The molecule has 0 aromatic rings. The Labute approximate surface area is 133 Å². The fraction of sp³-hybridized carbons (Fsp3) is 0.706.